The number of amides is 2. The molecule has 5 nitrogen and oxygen atoms in total. The Kier molecular flexibility index (Phi) is 7.11. The van der Waals surface area contributed by atoms with Crippen LogP contribution in [0.1, 0.15) is 12.5 Å². The molecule has 150 valence electrons. The first-order valence-electron chi connectivity index (χ1n) is 8.43. The Hall–Kier alpha value is -2.94. The first kappa shape index (κ1) is 21.4. The number of nitrogens with zero attached hydrogens (tertiary/aromatic N) is 1. The van der Waals surface area contributed by atoms with E-state index in [1.807, 2.05) is 0 Å². The van der Waals surface area contributed by atoms with Gasteiger partial charge in [0.1, 0.15) is 5.82 Å². The van der Waals surface area contributed by atoms with E-state index in [0.717, 1.165) is 18.2 Å². The predicted molar refractivity (Wildman–Crippen MR) is 97.2 cm³/mol. The highest BCUT2D eigenvalue weighted by molar-refractivity contribution is 5.95. The lowest BCUT2D eigenvalue weighted by Crippen LogP contribution is -2.38. The molecule has 2 amide bonds. The van der Waals surface area contributed by atoms with Gasteiger partial charge in [-0.25, -0.2) is 4.39 Å². The van der Waals surface area contributed by atoms with Gasteiger partial charge < -0.3 is 10.6 Å². The van der Waals surface area contributed by atoms with Gasteiger partial charge in [-0.05, 0) is 36.9 Å². The third-order valence-corrected chi connectivity index (χ3v) is 3.80. The number of benzene rings is 2. The van der Waals surface area contributed by atoms with Gasteiger partial charge in [-0.2, -0.15) is 13.2 Å². The molecule has 0 aliphatic carbocycles. The van der Waals surface area contributed by atoms with Gasteiger partial charge >= 0.3 is 6.18 Å². The molecular weight excluding hydrogens is 378 g/mol. The molecule has 9 heteroatoms. The zero-order valence-corrected chi connectivity index (χ0v) is 15.0. The minimum absolute atomic E-state index is 0.179. The molecule has 2 N–H and O–H groups in total. The van der Waals surface area contributed by atoms with E-state index < -0.39 is 29.4 Å². The molecule has 2 rings (SSSR count). The first-order valence-corrected chi connectivity index (χ1v) is 8.43. The monoisotopic (exact) mass is 397 g/mol. The molecule has 0 aliphatic rings. The lowest BCUT2D eigenvalue weighted by molar-refractivity contribution is -0.137. The lowest BCUT2D eigenvalue weighted by Gasteiger charge is -2.20. The number of para-hydroxylation sites is 1. The minimum Gasteiger partial charge on any atom is -0.325 e. The summed E-state index contributed by atoms with van der Waals surface area (Å²) in [6, 6.07) is 9.98. The second kappa shape index (κ2) is 9.32. The van der Waals surface area contributed by atoms with Gasteiger partial charge in [-0.15, -0.1) is 0 Å². The molecule has 0 unspecified atom stereocenters. The molecule has 0 atom stereocenters. The van der Waals surface area contributed by atoms with E-state index in [1.165, 1.54) is 35.2 Å². The van der Waals surface area contributed by atoms with E-state index in [4.69, 9.17) is 0 Å². The van der Waals surface area contributed by atoms with Crippen LogP contribution in [0.25, 0.3) is 0 Å². The molecule has 0 saturated heterocycles. The summed E-state index contributed by atoms with van der Waals surface area (Å²) in [6.45, 7) is 1.55. The number of carbonyl (C=O) groups excluding carboxylic acids is 2. The van der Waals surface area contributed by atoms with Crippen LogP contribution in [0.5, 0.6) is 0 Å². The molecule has 0 saturated carbocycles. The number of hydrogen-bond acceptors (Lipinski definition) is 3. The highest BCUT2D eigenvalue weighted by Gasteiger charge is 2.33. The van der Waals surface area contributed by atoms with Crippen molar-refractivity contribution in [3.63, 3.8) is 0 Å². The van der Waals surface area contributed by atoms with Crippen molar-refractivity contribution in [3.8, 4) is 0 Å². The fourth-order valence-electron chi connectivity index (χ4n) is 2.48. The highest BCUT2D eigenvalue weighted by atomic mass is 19.4. The van der Waals surface area contributed by atoms with E-state index in [0.29, 0.717) is 6.54 Å². The molecular formula is C19H19F4N3O2. The summed E-state index contributed by atoms with van der Waals surface area (Å²) in [7, 11) is 0. The second-order valence-electron chi connectivity index (χ2n) is 5.95. The van der Waals surface area contributed by atoms with Crippen molar-refractivity contribution in [2.45, 2.75) is 13.1 Å². The second-order valence-corrected chi connectivity index (χ2v) is 5.95. The Morgan fingerprint density at radius 1 is 0.964 bits per heavy atom. The standard InChI is InChI=1S/C19H19F4N3O2/c1-2-26(11-17(27)24-14-7-5-6-13(20)10-14)12-18(28)25-16-9-4-3-8-15(16)19(21,22)23/h3-10H,2,11-12H2,1H3,(H,24,27)(H,25,28). The summed E-state index contributed by atoms with van der Waals surface area (Å²) < 4.78 is 52.1. The third kappa shape index (κ3) is 6.34. The number of nitrogens with one attached hydrogen (secondary N) is 2. The van der Waals surface area contributed by atoms with Crippen molar-refractivity contribution in [2.24, 2.45) is 0 Å². The van der Waals surface area contributed by atoms with Gasteiger partial charge in [0.25, 0.3) is 0 Å². The quantitative estimate of drug-likeness (QED) is 0.700. The van der Waals surface area contributed by atoms with Crippen molar-refractivity contribution >= 4 is 23.2 Å². The fourth-order valence-corrected chi connectivity index (χ4v) is 2.48. The summed E-state index contributed by atoms with van der Waals surface area (Å²) >= 11 is 0. The summed E-state index contributed by atoms with van der Waals surface area (Å²) in [5, 5.41) is 4.73. The molecule has 2 aromatic carbocycles. The van der Waals surface area contributed by atoms with Crippen LogP contribution in [0, 0.1) is 5.82 Å². The van der Waals surface area contributed by atoms with Crippen molar-refractivity contribution in [3.05, 3.63) is 59.9 Å². The van der Waals surface area contributed by atoms with Gasteiger partial charge in [0.15, 0.2) is 0 Å². The zero-order chi connectivity index (χ0) is 20.7. The summed E-state index contributed by atoms with van der Waals surface area (Å²) in [6.07, 6.45) is -4.60. The Morgan fingerprint density at radius 3 is 2.21 bits per heavy atom. The van der Waals surface area contributed by atoms with Crippen molar-refractivity contribution < 1.29 is 27.2 Å². The lowest BCUT2D eigenvalue weighted by atomic mass is 10.1. The Morgan fingerprint density at radius 2 is 1.61 bits per heavy atom. The molecule has 0 heterocycles. The van der Waals surface area contributed by atoms with Crippen LogP contribution in [0.4, 0.5) is 28.9 Å². The molecule has 0 bridgehead atoms. The molecule has 0 radical (unpaired) electrons. The van der Waals surface area contributed by atoms with Gasteiger partial charge in [0.2, 0.25) is 11.8 Å². The van der Waals surface area contributed by atoms with Crippen LogP contribution in [0.2, 0.25) is 0 Å². The normalized spacial score (nSPS) is 11.4. The van der Waals surface area contributed by atoms with Crippen molar-refractivity contribution in [1.29, 1.82) is 0 Å². The van der Waals surface area contributed by atoms with Gasteiger partial charge in [0, 0.05) is 5.69 Å². The van der Waals surface area contributed by atoms with Crippen LogP contribution in [-0.2, 0) is 15.8 Å². The third-order valence-electron chi connectivity index (χ3n) is 3.80. The number of halogens is 4. The maximum Gasteiger partial charge on any atom is 0.418 e. The molecule has 0 aliphatic heterocycles. The van der Waals surface area contributed by atoms with Crippen LogP contribution >= 0.6 is 0 Å². The highest BCUT2D eigenvalue weighted by Crippen LogP contribution is 2.34. The smallest absolute Gasteiger partial charge is 0.325 e. The number of hydrogen-bond donors (Lipinski definition) is 2. The number of likely N-dealkylation sites (N-methyl/N-ethyl adjacent to an activating group) is 1. The van der Waals surface area contributed by atoms with E-state index >= 15 is 0 Å². The predicted octanol–water partition coefficient (Wildman–Crippen LogP) is 3.74. The molecule has 2 aromatic rings. The van der Waals surface area contributed by atoms with Gasteiger partial charge in [-0.1, -0.05) is 25.1 Å². The molecule has 0 fully saturated rings. The summed E-state index contributed by atoms with van der Waals surface area (Å²) in [4.78, 5) is 25.7. The zero-order valence-electron chi connectivity index (χ0n) is 15.0. The first-order chi connectivity index (χ1) is 13.2. The van der Waals surface area contributed by atoms with Crippen LogP contribution < -0.4 is 10.6 Å². The van der Waals surface area contributed by atoms with E-state index in [2.05, 4.69) is 10.6 Å². The van der Waals surface area contributed by atoms with Gasteiger partial charge in [0.05, 0.1) is 24.3 Å². The number of rotatable bonds is 7. The topological polar surface area (TPSA) is 61.4 Å². The number of carbonyl (C=O) groups is 2. The van der Waals surface area contributed by atoms with Crippen LogP contribution in [-0.4, -0.2) is 36.3 Å². The summed E-state index contributed by atoms with van der Waals surface area (Å²) in [5.74, 6) is -1.67. The fraction of sp³-hybridized carbons (Fsp3) is 0.263. The molecule has 0 spiro atoms. The average Bonchev–Trinajstić information content (AvgIpc) is 2.60. The molecule has 28 heavy (non-hydrogen) atoms. The Balaban J connectivity index is 1.95. The van der Waals surface area contributed by atoms with Crippen LogP contribution in [0.15, 0.2) is 48.5 Å². The largest absolute Gasteiger partial charge is 0.418 e. The Labute approximate surface area is 159 Å². The van der Waals surface area contributed by atoms with Gasteiger partial charge in [-0.3, -0.25) is 14.5 Å². The van der Waals surface area contributed by atoms with Crippen molar-refractivity contribution in [2.75, 3.05) is 30.3 Å². The SMILES string of the molecule is CCN(CC(=O)Nc1cccc(F)c1)CC(=O)Nc1ccccc1C(F)(F)F. The van der Waals surface area contributed by atoms with Crippen molar-refractivity contribution in [1.82, 2.24) is 4.90 Å². The molecule has 0 aromatic heterocycles. The maximum absolute atomic E-state index is 13.1. The minimum atomic E-state index is -4.60. The summed E-state index contributed by atoms with van der Waals surface area (Å²) in [5.41, 5.74) is -1.03. The Bertz CT molecular complexity index is 840. The maximum atomic E-state index is 13.1. The number of alkyl halides is 3. The van der Waals surface area contributed by atoms with Crippen LogP contribution in [0.3, 0.4) is 0 Å². The van der Waals surface area contributed by atoms with E-state index in [1.54, 1.807) is 6.92 Å². The van der Waals surface area contributed by atoms with E-state index in [9.17, 15) is 27.2 Å². The number of anilines is 2. The van der Waals surface area contributed by atoms with E-state index in [-0.39, 0.29) is 24.5 Å². The average molecular weight is 397 g/mol.